The van der Waals surface area contributed by atoms with E-state index in [1.807, 2.05) is 0 Å². The van der Waals surface area contributed by atoms with Gasteiger partial charge in [-0.15, -0.1) is 0 Å². The van der Waals surface area contributed by atoms with Gasteiger partial charge in [-0.05, 0) is 37.1 Å². The lowest BCUT2D eigenvalue weighted by Gasteiger charge is -2.32. The number of hydrogen-bond donors (Lipinski definition) is 0. The molecule has 3 rings (SSSR count). The van der Waals surface area contributed by atoms with Crippen LogP contribution in [0.1, 0.15) is 23.2 Å². The molecular weight excluding hydrogens is 302 g/mol. The van der Waals surface area contributed by atoms with E-state index in [4.69, 9.17) is 16.3 Å². The minimum atomic E-state index is -0.0840. The Morgan fingerprint density at radius 2 is 2.09 bits per heavy atom. The largest absolute Gasteiger partial charge is 0.458 e. The molecule has 0 saturated carbocycles. The number of rotatable bonds is 3. The first-order chi connectivity index (χ1) is 10.7. The Morgan fingerprint density at radius 1 is 1.27 bits per heavy atom. The second-order valence-electron chi connectivity index (χ2n) is 5.17. The van der Waals surface area contributed by atoms with Crippen molar-refractivity contribution in [3.8, 4) is 6.01 Å². The van der Waals surface area contributed by atoms with Crippen LogP contribution in [0.4, 0.5) is 0 Å². The van der Waals surface area contributed by atoms with Gasteiger partial charge >= 0.3 is 6.01 Å². The van der Waals surface area contributed by atoms with Crippen LogP contribution in [0.25, 0.3) is 0 Å². The van der Waals surface area contributed by atoms with Crippen molar-refractivity contribution in [3.63, 3.8) is 0 Å². The van der Waals surface area contributed by atoms with E-state index >= 15 is 0 Å². The van der Waals surface area contributed by atoms with Gasteiger partial charge in [0.1, 0.15) is 6.10 Å². The summed E-state index contributed by atoms with van der Waals surface area (Å²) in [6.07, 6.45) is 4.97. The van der Waals surface area contributed by atoms with Crippen LogP contribution in [-0.4, -0.2) is 40.0 Å². The maximum absolute atomic E-state index is 12.5. The van der Waals surface area contributed by atoms with Gasteiger partial charge in [-0.25, -0.2) is 9.97 Å². The number of carbonyl (C=O) groups is 1. The molecule has 1 unspecified atom stereocenters. The zero-order valence-electron chi connectivity index (χ0n) is 12.0. The monoisotopic (exact) mass is 317 g/mol. The standard InChI is InChI=1S/C16H16ClN3O2/c17-13-5-1-4-12(10-13)15(21)20-9-2-6-14(11-20)22-16-18-7-3-8-19-16/h1,3-5,7-8,10,14H,2,6,9,11H2. The van der Waals surface area contributed by atoms with Crippen molar-refractivity contribution in [3.05, 3.63) is 53.3 Å². The van der Waals surface area contributed by atoms with Crippen LogP contribution in [-0.2, 0) is 0 Å². The summed E-state index contributed by atoms with van der Waals surface area (Å²) in [4.78, 5) is 22.4. The maximum Gasteiger partial charge on any atom is 0.316 e. The Bertz CT molecular complexity index is 651. The van der Waals surface area contributed by atoms with Crippen LogP contribution in [0.5, 0.6) is 6.01 Å². The molecule has 1 aromatic carbocycles. The van der Waals surface area contributed by atoms with E-state index in [9.17, 15) is 4.79 Å². The smallest absolute Gasteiger partial charge is 0.316 e. The van der Waals surface area contributed by atoms with Gasteiger partial charge in [0.25, 0.3) is 5.91 Å². The average Bonchev–Trinajstić information content (AvgIpc) is 2.55. The minimum absolute atomic E-state index is 0.0234. The summed E-state index contributed by atoms with van der Waals surface area (Å²) >= 11 is 5.95. The van der Waals surface area contributed by atoms with Crippen molar-refractivity contribution < 1.29 is 9.53 Å². The third-order valence-corrected chi connectivity index (χ3v) is 3.79. The fourth-order valence-corrected chi connectivity index (χ4v) is 2.71. The molecule has 1 aliphatic heterocycles. The Labute approximate surface area is 133 Å². The fourth-order valence-electron chi connectivity index (χ4n) is 2.52. The van der Waals surface area contributed by atoms with E-state index in [2.05, 4.69) is 9.97 Å². The van der Waals surface area contributed by atoms with Crippen molar-refractivity contribution in [1.29, 1.82) is 0 Å². The number of halogens is 1. The van der Waals surface area contributed by atoms with E-state index in [1.54, 1.807) is 47.6 Å². The molecule has 22 heavy (non-hydrogen) atoms. The molecule has 6 heteroatoms. The molecular formula is C16H16ClN3O2. The number of aromatic nitrogens is 2. The Balaban J connectivity index is 1.66. The van der Waals surface area contributed by atoms with Crippen LogP contribution in [0.2, 0.25) is 5.02 Å². The quantitative estimate of drug-likeness (QED) is 0.873. The number of hydrogen-bond acceptors (Lipinski definition) is 4. The third-order valence-electron chi connectivity index (χ3n) is 3.55. The van der Waals surface area contributed by atoms with Gasteiger partial charge in [0, 0.05) is 29.5 Å². The molecule has 1 saturated heterocycles. The van der Waals surface area contributed by atoms with Gasteiger partial charge in [-0.1, -0.05) is 17.7 Å². The molecule has 0 aliphatic carbocycles. The van der Waals surface area contributed by atoms with Gasteiger partial charge in [0.05, 0.1) is 6.54 Å². The van der Waals surface area contributed by atoms with Gasteiger partial charge in [0.2, 0.25) is 0 Å². The van der Waals surface area contributed by atoms with Gasteiger partial charge < -0.3 is 9.64 Å². The highest BCUT2D eigenvalue weighted by atomic mass is 35.5. The van der Waals surface area contributed by atoms with Crippen molar-refractivity contribution in [2.75, 3.05) is 13.1 Å². The lowest BCUT2D eigenvalue weighted by Crippen LogP contribution is -2.44. The second-order valence-corrected chi connectivity index (χ2v) is 5.61. The number of nitrogens with zero attached hydrogens (tertiary/aromatic N) is 3. The van der Waals surface area contributed by atoms with Gasteiger partial charge in [-0.2, -0.15) is 0 Å². The van der Waals surface area contributed by atoms with Crippen molar-refractivity contribution in [2.24, 2.45) is 0 Å². The van der Waals surface area contributed by atoms with E-state index in [-0.39, 0.29) is 12.0 Å². The fraction of sp³-hybridized carbons (Fsp3) is 0.312. The molecule has 1 aromatic heterocycles. The number of carbonyl (C=O) groups excluding carboxylic acids is 1. The number of piperidine rings is 1. The van der Waals surface area contributed by atoms with E-state index in [0.717, 1.165) is 19.4 Å². The average molecular weight is 318 g/mol. The molecule has 114 valence electrons. The number of benzene rings is 1. The predicted molar refractivity (Wildman–Crippen MR) is 83.0 cm³/mol. The summed E-state index contributed by atoms with van der Waals surface area (Å²) in [6.45, 7) is 1.25. The first-order valence-corrected chi connectivity index (χ1v) is 7.59. The Hall–Kier alpha value is -2.14. The predicted octanol–water partition coefficient (Wildman–Crippen LogP) is 2.81. The highest BCUT2D eigenvalue weighted by Gasteiger charge is 2.26. The van der Waals surface area contributed by atoms with E-state index in [0.29, 0.717) is 23.1 Å². The topological polar surface area (TPSA) is 55.3 Å². The maximum atomic E-state index is 12.5. The molecule has 0 N–H and O–H groups in total. The Kier molecular flexibility index (Phi) is 4.53. The lowest BCUT2D eigenvalue weighted by atomic mass is 10.1. The molecule has 0 bridgehead atoms. The first-order valence-electron chi connectivity index (χ1n) is 7.21. The molecule has 0 spiro atoms. The zero-order valence-corrected chi connectivity index (χ0v) is 12.7. The molecule has 2 aromatic rings. The Morgan fingerprint density at radius 3 is 2.86 bits per heavy atom. The number of ether oxygens (including phenoxy) is 1. The highest BCUT2D eigenvalue weighted by Crippen LogP contribution is 2.19. The van der Waals surface area contributed by atoms with Gasteiger partial charge in [-0.3, -0.25) is 4.79 Å². The van der Waals surface area contributed by atoms with Crippen LogP contribution in [0.3, 0.4) is 0 Å². The summed E-state index contributed by atoms with van der Waals surface area (Å²) in [5, 5.41) is 0.563. The summed E-state index contributed by atoms with van der Waals surface area (Å²) in [7, 11) is 0. The summed E-state index contributed by atoms with van der Waals surface area (Å²) < 4.78 is 5.75. The molecule has 5 nitrogen and oxygen atoms in total. The van der Waals surface area contributed by atoms with Gasteiger partial charge in [0.15, 0.2) is 0 Å². The molecule has 2 heterocycles. The first kappa shape index (κ1) is 14.8. The normalized spacial score (nSPS) is 18.0. The molecule has 1 aliphatic rings. The van der Waals surface area contributed by atoms with Crippen LogP contribution < -0.4 is 4.74 Å². The summed E-state index contributed by atoms with van der Waals surface area (Å²) in [5.41, 5.74) is 0.601. The minimum Gasteiger partial charge on any atom is -0.458 e. The number of amides is 1. The summed E-state index contributed by atoms with van der Waals surface area (Å²) in [5.74, 6) is -0.0234. The molecule has 0 radical (unpaired) electrons. The van der Waals surface area contributed by atoms with Crippen LogP contribution >= 0.6 is 11.6 Å². The van der Waals surface area contributed by atoms with Crippen molar-refractivity contribution in [1.82, 2.24) is 14.9 Å². The molecule has 1 fully saturated rings. The number of likely N-dealkylation sites (tertiary alicyclic amines) is 1. The van der Waals surface area contributed by atoms with Crippen molar-refractivity contribution in [2.45, 2.75) is 18.9 Å². The highest BCUT2D eigenvalue weighted by molar-refractivity contribution is 6.30. The second kappa shape index (κ2) is 6.75. The third kappa shape index (κ3) is 3.54. The zero-order chi connectivity index (χ0) is 15.4. The van der Waals surface area contributed by atoms with E-state index in [1.165, 1.54) is 0 Å². The lowest BCUT2D eigenvalue weighted by molar-refractivity contribution is 0.0516. The van der Waals surface area contributed by atoms with E-state index < -0.39 is 0 Å². The molecule has 1 amide bonds. The van der Waals surface area contributed by atoms with Crippen LogP contribution in [0.15, 0.2) is 42.7 Å². The summed E-state index contributed by atoms with van der Waals surface area (Å²) in [6, 6.07) is 9.10. The molecule has 1 atom stereocenters. The van der Waals surface area contributed by atoms with Crippen LogP contribution in [0, 0.1) is 0 Å². The van der Waals surface area contributed by atoms with Crippen molar-refractivity contribution >= 4 is 17.5 Å². The SMILES string of the molecule is O=C(c1cccc(Cl)c1)N1CCCC(Oc2ncccn2)C1.